The molecule has 1 N–H and O–H groups in total. The Hall–Kier alpha value is -2.60. The maximum Gasteiger partial charge on any atom is 0.274 e. The molecule has 5 nitrogen and oxygen atoms in total. The number of likely N-dealkylation sites (tertiary alicyclic amines) is 1. The predicted octanol–water partition coefficient (Wildman–Crippen LogP) is 4.04. The molecule has 128 valence electrons. The van der Waals surface area contributed by atoms with Gasteiger partial charge < -0.3 is 9.64 Å². The van der Waals surface area contributed by atoms with E-state index in [2.05, 4.69) is 23.2 Å². The molecule has 1 aliphatic rings. The Kier molecular flexibility index (Phi) is 4.05. The summed E-state index contributed by atoms with van der Waals surface area (Å²) < 4.78 is 5.29. The van der Waals surface area contributed by atoms with E-state index < -0.39 is 0 Å². The second-order valence-electron chi connectivity index (χ2n) is 6.16. The maximum absolute atomic E-state index is 12.8. The van der Waals surface area contributed by atoms with Gasteiger partial charge in [0.1, 0.15) is 5.75 Å². The fraction of sp³-hybridized carbons (Fsp3) is 0.263. The minimum Gasteiger partial charge on any atom is -0.497 e. The van der Waals surface area contributed by atoms with Crippen LogP contribution in [0.25, 0.3) is 10.6 Å². The minimum absolute atomic E-state index is 0.0325. The number of aromatic nitrogens is 2. The van der Waals surface area contributed by atoms with E-state index in [-0.39, 0.29) is 11.9 Å². The van der Waals surface area contributed by atoms with Gasteiger partial charge in [0.15, 0.2) is 5.69 Å². The van der Waals surface area contributed by atoms with E-state index in [0.29, 0.717) is 5.69 Å². The average Bonchev–Trinajstić information content (AvgIpc) is 3.23. The quantitative estimate of drug-likeness (QED) is 0.770. The molecule has 1 aromatic carbocycles. The molecule has 3 aromatic rings. The molecule has 0 aliphatic carbocycles. The van der Waals surface area contributed by atoms with Crippen LogP contribution in [0.4, 0.5) is 0 Å². The molecular formula is C19H19N3O2S. The van der Waals surface area contributed by atoms with Gasteiger partial charge in [-0.3, -0.25) is 9.89 Å². The molecule has 6 heteroatoms. The monoisotopic (exact) mass is 353 g/mol. The van der Waals surface area contributed by atoms with Crippen molar-refractivity contribution in [3.8, 4) is 16.3 Å². The summed E-state index contributed by atoms with van der Waals surface area (Å²) in [5.74, 6) is 0.779. The normalized spacial score (nSPS) is 16.6. The first-order chi connectivity index (χ1) is 12.2. The van der Waals surface area contributed by atoms with Gasteiger partial charge in [-0.15, -0.1) is 11.3 Å². The van der Waals surface area contributed by atoms with E-state index in [1.165, 1.54) is 4.88 Å². The van der Waals surface area contributed by atoms with Crippen LogP contribution in [0, 0.1) is 6.92 Å². The first kappa shape index (κ1) is 15.9. The summed E-state index contributed by atoms with van der Waals surface area (Å²) in [7, 11) is 1.65. The first-order valence-electron chi connectivity index (χ1n) is 8.23. The van der Waals surface area contributed by atoms with Gasteiger partial charge in [0.05, 0.1) is 23.7 Å². The number of nitrogens with one attached hydrogen (secondary N) is 1. The Morgan fingerprint density at radius 1 is 1.32 bits per heavy atom. The zero-order chi connectivity index (χ0) is 17.4. The Morgan fingerprint density at radius 2 is 2.20 bits per heavy atom. The van der Waals surface area contributed by atoms with Crippen LogP contribution in [0.1, 0.15) is 33.4 Å². The van der Waals surface area contributed by atoms with Gasteiger partial charge in [0.2, 0.25) is 0 Å². The van der Waals surface area contributed by atoms with Crippen LogP contribution in [0.3, 0.4) is 0 Å². The number of benzene rings is 1. The van der Waals surface area contributed by atoms with Crippen LogP contribution < -0.4 is 4.74 Å². The number of nitrogens with zero attached hydrogens (tertiary/aromatic N) is 2. The summed E-state index contributed by atoms with van der Waals surface area (Å²) in [6.07, 6.45) is 0.959. The van der Waals surface area contributed by atoms with Crippen molar-refractivity contribution in [2.45, 2.75) is 19.4 Å². The number of hydrogen-bond donors (Lipinski definition) is 1. The van der Waals surface area contributed by atoms with Gasteiger partial charge in [-0.25, -0.2) is 0 Å². The zero-order valence-corrected chi connectivity index (χ0v) is 15.0. The second-order valence-corrected chi connectivity index (χ2v) is 7.44. The molecule has 1 aliphatic heterocycles. The fourth-order valence-corrected chi connectivity index (χ4v) is 3.94. The molecule has 0 saturated carbocycles. The molecule has 1 atom stereocenters. The summed E-state index contributed by atoms with van der Waals surface area (Å²) in [5.41, 5.74) is 2.46. The van der Waals surface area contributed by atoms with E-state index in [4.69, 9.17) is 4.74 Å². The number of aromatic amines is 1. The number of carbonyl (C=O) groups is 1. The molecule has 0 spiro atoms. The van der Waals surface area contributed by atoms with Crippen LogP contribution in [0.15, 0.2) is 42.5 Å². The topological polar surface area (TPSA) is 58.2 Å². The van der Waals surface area contributed by atoms with Crippen LogP contribution in [-0.2, 0) is 0 Å². The highest BCUT2D eigenvalue weighted by molar-refractivity contribution is 7.15. The summed E-state index contributed by atoms with van der Waals surface area (Å²) in [5, 5.41) is 7.22. The molecule has 0 radical (unpaired) electrons. The Balaban J connectivity index is 1.54. The van der Waals surface area contributed by atoms with E-state index >= 15 is 0 Å². The van der Waals surface area contributed by atoms with Crippen molar-refractivity contribution in [1.82, 2.24) is 15.1 Å². The van der Waals surface area contributed by atoms with E-state index in [1.54, 1.807) is 18.4 Å². The number of H-pyrrole nitrogens is 1. The molecule has 2 aromatic heterocycles. The Morgan fingerprint density at radius 3 is 2.88 bits per heavy atom. The van der Waals surface area contributed by atoms with Gasteiger partial charge in [-0.1, -0.05) is 12.1 Å². The summed E-state index contributed by atoms with van der Waals surface area (Å²) in [6, 6.07) is 14.0. The highest BCUT2D eigenvalue weighted by Gasteiger charge is 2.35. The lowest BCUT2D eigenvalue weighted by Gasteiger charge is -2.41. The number of methoxy groups -OCH3 is 1. The van der Waals surface area contributed by atoms with Crippen molar-refractivity contribution in [2.24, 2.45) is 0 Å². The van der Waals surface area contributed by atoms with Crippen molar-refractivity contribution in [1.29, 1.82) is 0 Å². The minimum atomic E-state index is -0.0325. The fourth-order valence-electron chi connectivity index (χ4n) is 3.11. The molecule has 1 fully saturated rings. The third-order valence-corrected chi connectivity index (χ3v) is 5.60. The second kappa shape index (κ2) is 6.37. The molecule has 3 heterocycles. The zero-order valence-electron chi connectivity index (χ0n) is 14.2. The average molecular weight is 353 g/mol. The van der Waals surface area contributed by atoms with Crippen molar-refractivity contribution in [3.05, 3.63) is 58.6 Å². The molecule has 1 saturated heterocycles. The maximum atomic E-state index is 12.8. The molecule has 1 amide bonds. The van der Waals surface area contributed by atoms with E-state index in [9.17, 15) is 4.79 Å². The molecule has 4 rings (SSSR count). The van der Waals surface area contributed by atoms with Crippen LogP contribution >= 0.6 is 11.3 Å². The lowest BCUT2D eigenvalue weighted by atomic mass is 9.94. The van der Waals surface area contributed by atoms with Gasteiger partial charge in [-0.2, -0.15) is 5.10 Å². The van der Waals surface area contributed by atoms with Gasteiger partial charge in [0.25, 0.3) is 5.91 Å². The largest absolute Gasteiger partial charge is 0.497 e. The Labute approximate surface area is 150 Å². The van der Waals surface area contributed by atoms with Gasteiger partial charge >= 0.3 is 0 Å². The number of rotatable bonds is 4. The van der Waals surface area contributed by atoms with Crippen LogP contribution in [0.2, 0.25) is 0 Å². The number of hydrogen-bond acceptors (Lipinski definition) is 4. The Bertz CT molecular complexity index is 915. The van der Waals surface area contributed by atoms with Crippen molar-refractivity contribution in [3.63, 3.8) is 0 Å². The predicted molar refractivity (Wildman–Crippen MR) is 98.0 cm³/mol. The van der Waals surface area contributed by atoms with Crippen molar-refractivity contribution >= 4 is 17.2 Å². The lowest BCUT2D eigenvalue weighted by molar-refractivity contribution is 0.0453. The van der Waals surface area contributed by atoms with Crippen molar-refractivity contribution in [2.75, 3.05) is 13.7 Å². The number of carbonyl (C=O) groups excluding carboxylic acids is 1. The summed E-state index contributed by atoms with van der Waals surface area (Å²) >= 11 is 1.69. The standard InChI is InChI=1S/C19H19N3O2S/c1-12-6-7-18(25-12)15-11-16(21-20-15)19(23)22-9-8-17(22)13-4-3-5-14(10-13)24-2/h3-7,10-11,17H,8-9H2,1-2H3,(H,20,21)/t17-/m1/s1. The highest BCUT2D eigenvalue weighted by atomic mass is 32.1. The molecule has 0 unspecified atom stereocenters. The molecule has 25 heavy (non-hydrogen) atoms. The third kappa shape index (κ3) is 2.93. The third-order valence-electron chi connectivity index (χ3n) is 4.56. The van der Waals surface area contributed by atoms with Gasteiger partial charge in [0, 0.05) is 11.4 Å². The first-order valence-corrected chi connectivity index (χ1v) is 9.04. The lowest BCUT2D eigenvalue weighted by Crippen LogP contribution is -2.45. The van der Waals surface area contributed by atoms with E-state index in [0.717, 1.165) is 34.8 Å². The number of aryl methyl sites for hydroxylation is 1. The molecular weight excluding hydrogens is 334 g/mol. The van der Waals surface area contributed by atoms with E-state index in [1.807, 2.05) is 41.3 Å². The van der Waals surface area contributed by atoms with Crippen molar-refractivity contribution < 1.29 is 9.53 Å². The van der Waals surface area contributed by atoms with Crippen LogP contribution in [-0.4, -0.2) is 34.7 Å². The highest BCUT2D eigenvalue weighted by Crippen LogP contribution is 2.36. The number of ether oxygens (including phenoxy) is 1. The SMILES string of the molecule is COc1cccc([C@H]2CCN2C(=O)c2cc(-c3ccc(C)s3)[nH]n2)c1. The molecule has 0 bridgehead atoms. The van der Waals surface area contributed by atoms with Gasteiger partial charge in [-0.05, 0) is 49.2 Å². The summed E-state index contributed by atoms with van der Waals surface area (Å²) in [4.78, 5) is 17.0. The summed E-state index contributed by atoms with van der Waals surface area (Å²) in [6.45, 7) is 2.82. The smallest absolute Gasteiger partial charge is 0.274 e. The number of amides is 1. The van der Waals surface area contributed by atoms with Crippen LogP contribution in [0.5, 0.6) is 5.75 Å². The number of thiophene rings is 1.